The number of halogens is 1. The highest BCUT2D eigenvalue weighted by Gasteiger charge is 2.22. The smallest absolute Gasteiger partial charge is 0.259 e. The van der Waals surface area contributed by atoms with Gasteiger partial charge < -0.3 is 14.8 Å². The molecule has 9 heteroatoms. The number of hydrogen-bond acceptors (Lipinski definition) is 5. The predicted octanol–water partition coefficient (Wildman–Crippen LogP) is 4.69. The third kappa shape index (κ3) is 4.92. The van der Waals surface area contributed by atoms with Crippen LogP contribution in [0.2, 0.25) is 5.02 Å². The van der Waals surface area contributed by atoms with Crippen LogP contribution in [-0.4, -0.2) is 27.2 Å². The normalized spacial score (nSPS) is 12.6. The number of methoxy groups -OCH3 is 1. The number of benzene rings is 3. The van der Waals surface area contributed by atoms with Gasteiger partial charge in [0.1, 0.15) is 11.5 Å². The lowest BCUT2D eigenvalue weighted by Gasteiger charge is -2.11. The number of nitrogens with one attached hydrogen (secondary N) is 2. The molecule has 1 amide bonds. The summed E-state index contributed by atoms with van der Waals surface area (Å²) in [5, 5.41) is 3.19. The quantitative estimate of drug-likeness (QED) is 0.558. The first-order valence-corrected chi connectivity index (χ1v) is 11.4. The van der Waals surface area contributed by atoms with Crippen molar-refractivity contribution in [1.29, 1.82) is 0 Å². The molecule has 0 bridgehead atoms. The third-order valence-corrected chi connectivity index (χ3v) is 6.25. The minimum Gasteiger partial charge on any atom is -0.497 e. The Hall–Kier alpha value is -3.23. The summed E-state index contributed by atoms with van der Waals surface area (Å²) in [7, 11) is -2.06. The van der Waals surface area contributed by atoms with Gasteiger partial charge in [0.25, 0.3) is 5.91 Å². The summed E-state index contributed by atoms with van der Waals surface area (Å²) in [6, 6.07) is 16.7. The molecule has 3 aromatic rings. The maximum atomic E-state index is 12.6. The van der Waals surface area contributed by atoms with Crippen molar-refractivity contribution in [2.45, 2.75) is 6.42 Å². The number of hydrogen-bond donors (Lipinski definition) is 2. The Kier molecular flexibility index (Phi) is 5.75. The van der Waals surface area contributed by atoms with Crippen LogP contribution in [0.15, 0.2) is 60.7 Å². The Morgan fingerprint density at radius 1 is 1.03 bits per heavy atom. The molecule has 31 heavy (non-hydrogen) atoms. The SMILES string of the molecule is COc1ccc(CCS(=O)(=O)Nc2ccc3c(c2)C(=O)Nc2cc(Cl)ccc2O3)cc1. The van der Waals surface area contributed by atoms with Crippen molar-refractivity contribution in [3.05, 3.63) is 76.8 Å². The molecule has 0 unspecified atom stereocenters. The van der Waals surface area contributed by atoms with Gasteiger partial charge in [-0.1, -0.05) is 23.7 Å². The van der Waals surface area contributed by atoms with E-state index in [0.29, 0.717) is 34.4 Å². The van der Waals surface area contributed by atoms with Crippen LogP contribution in [0.4, 0.5) is 11.4 Å². The number of amides is 1. The lowest BCUT2D eigenvalue weighted by Crippen LogP contribution is -2.19. The average molecular weight is 459 g/mol. The third-order valence-electron chi connectivity index (χ3n) is 4.73. The summed E-state index contributed by atoms with van der Waals surface area (Å²) >= 11 is 5.99. The van der Waals surface area contributed by atoms with E-state index in [4.69, 9.17) is 21.1 Å². The van der Waals surface area contributed by atoms with E-state index >= 15 is 0 Å². The van der Waals surface area contributed by atoms with E-state index in [0.717, 1.165) is 5.56 Å². The molecule has 0 aromatic heterocycles. The molecule has 1 aliphatic rings. The van der Waals surface area contributed by atoms with E-state index in [1.165, 1.54) is 6.07 Å². The molecule has 0 fully saturated rings. The van der Waals surface area contributed by atoms with Crippen LogP contribution in [-0.2, 0) is 16.4 Å². The molecule has 0 saturated heterocycles. The highest BCUT2D eigenvalue weighted by molar-refractivity contribution is 7.92. The van der Waals surface area contributed by atoms with Gasteiger partial charge in [0.05, 0.1) is 24.1 Å². The first kappa shape index (κ1) is 21.0. The number of fused-ring (bicyclic) bond motifs is 2. The molecular weight excluding hydrogens is 440 g/mol. The van der Waals surface area contributed by atoms with Gasteiger partial charge in [0.2, 0.25) is 10.0 Å². The summed E-state index contributed by atoms with van der Waals surface area (Å²) in [5.41, 5.74) is 1.80. The van der Waals surface area contributed by atoms with E-state index in [1.807, 2.05) is 12.1 Å². The van der Waals surface area contributed by atoms with Crippen LogP contribution in [0.3, 0.4) is 0 Å². The summed E-state index contributed by atoms with van der Waals surface area (Å²) < 4.78 is 38.5. The van der Waals surface area contributed by atoms with Crippen LogP contribution < -0.4 is 19.5 Å². The summed E-state index contributed by atoms with van der Waals surface area (Å²) in [4.78, 5) is 12.6. The summed E-state index contributed by atoms with van der Waals surface area (Å²) in [5.74, 6) is 0.947. The fraction of sp³-hybridized carbons (Fsp3) is 0.136. The highest BCUT2D eigenvalue weighted by Crippen LogP contribution is 2.38. The maximum Gasteiger partial charge on any atom is 0.259 e. The lowest BCUT2D eigenvalue weighted by atomic mass is 10.1. The van der Waals surface area contributed by atoms with E-state index in [9.17, 15) is 13.2 Å². The highest BCUT2D eigenvalue weighted by atomic mass is 35.5. The number of carbonyl (C=O) groups excluding carboxylic acids is 1. The van der Waals surface area contributed by atoms with E-state index in [-0.39, 0.29) is 17.0 Å². The Labute approximate surface area is 185 Å². The van der Waals surface area contributed by atoms with Crippen LogP contribution in [0, 0.1) is 0 Å². The first-order chi connectivity index (χ1) is 14.8. The number of carbonyl (C=O) groups is 1. The zero-order chi connectivity index (χ0) is 22.0. The molecule has 2 N–H and O–H groups in total. The molecule has 0 saturated carbocycles. The molecule has 3 aromatic carbocycles. The van der Waals surface area contributed by atoms with Crippen molar-refractivity contribution in [3.8, 4) is 17.2 Å². The fourth-order valence-electron chi connectivity index (χ4n) is 3.13. The van der Waals surface area contributed by atoms with E-state index < -0.39 is 15.9 Å². The van der Waals surface area contributed by atoms with Crippen molar-refractivity contribution in [3.63, 3.8) is 0 Å². The van der Waals surface area contributed by atoms with Gasteiger partial charge in [-0.3, -0.25) is 9.52 Å². The van der Waals surface area contributed by atoms with Gasteiger partial charge in [-0.15, -0.1) is 0 Å². The van der Waals surface area contributed by atoms with E-state index in [1.54, 1.807) is 49.6 Å². The second kappa shape index (κ2) is 8.49. The summed E-state index contributed by atoms with van der Waals surface area (Å²) in [6.45, 7) is 0. The maximum absolute atomic E-state index is 12.6. The molecule has 1 aliphatic heterocycles. The lowest BCUT2D eigenvalue weighted by molar-refractivity contribution is 0.102. The van der Waals surface area contributed by atoms with Crippen molar-refractivity contribution in [2.24, 2.45) is 0 Å². The van der Waals surface area contributed by atoms with Crippen molar-refractivity contribution < 1.29 is 22.7 Å². The molecule has 0 spiro atoms. The topological polar surface area (TPSA) is 93.7 Å². The number of aryl methyl sites for hydroxylation is 1. The van der Waals surface area contributed by atoms with Crippen LogP contribution in [0.1, 0.15) is 15.9 Å². The zero-order valence-corrected chi connectivity index (χ0v) is 18.1. The molecule has 0 aliphatic carbocycles. The monoisotopic (exact) mass is 458 g/mol. The Morgan fingerprint density at radius 2 is 1.77 bits per heavy atom. The molecule has 7 nitrogen and oxygen atoms in total. The van der Waals surface area contributed by atoms with Gasteiger partial charge in [0.15, 0.2) is 5.75 Å². The largest absolute Gasteiger partial charge is 0.497 e. The Morgan fingerprint density at radius 3 is 2.52 bits per heavy atom. The minimum atomic E-state index is -3.63. The molecule has 0 radical (unpaired) electrons. The number of ether oxygens (including phenoxy) is 2. The molecule has 1 heterocycles. The molecule has 160 valence electrons. The Bertz CT molecular complexity index is 1240. The second-order valence-corrected chi connectivity index (χ2v) is 9.20. The van der Waals surface area contributed by atoms with Crippen molar-refractivity contribution in [1.82, 2.24) is 0 Å². The van der Waals surface area contributed by atoms with E-state index in [2.05, 4.69) is 10.0 Å². The zero-order valence-electron chi connectivity index (χ0n) is 16.5. The molecule has 0 atom stereocenters. The first-order valence-electron chi connectivity index (χ1n) is 9.39. The summed E-state index contributed by atoms with van der Waals surface area (Å²) in [6.07, 6.45) is 0.337. The molecule has 4 rings (SSSR count). The van der Waals surface area contributed by atoms with Crippen LogP contribution >= 0.6 is 11.6 Å². The van der Waals surface area contributed by atoms with Crippen LogP contribution in [0.5, 0.6) is 17.2 Å². The predicted molar refractivity (Wildman–Crippen MR) is 120 cm³/mol. The standard InChI is InChI=1S/C22H19ClN2O5S/c1-29-17-6-2-14(3-7-17)10-11-31(27,28)25-16-5-9-20-18(13-16)22(26)24-19-12-15(23)4-8-21(19)30-20/h2-9,12-13,25H,10-11H2,1H3,(H,24,26). The van der Waals surface area contributed by atoms with Gasteiger partial charge in [-0.2, -0.15) is 0 Å². The van der Waals surface area contributed by atoms with Crippen LogP contribution in [0.25, 0.3) is 0 Å². The number of sulfonamides is 1. The minimum absolute atomic E-state index is 0.108. The number of rotatable bonds is 6. The molecular formula is C22H19ClN2O5S. The second-order valence-electron chi connectivity index (χ2n) is 6.93. The van der Waals surface area contributed by atoms with Gasteiger partial charge >= 0.3 is 0 Å². The number of anilines is 2. The van der Waals surface area contributed by atoms with Gasteiger partial charge in [0, 0.05) is 10.7 Å². The Balaban J connectivity index is 1.49. The fourth-order valence-corrected chi connectivity index (χ4v) is 4.40. The van der Waals surface area contributed by atoms with Gasteiger partial charge in [-0.05, 0) is 60.5 Å². The van der Waals surface area contributed by atoms with Gasteiger partial charge in [-0.25, -0.2) is 8.42 Å². The average Bonchev–Trinajstić information content (AvgIpc) is 2.88. The van der Waals surface area contributed by atoms with Crippen molar-refractivity contribution in [2.75, 3.05) is 22.9 Å². The van der Waals surface area contributed by atoms with Crippen molar-refractivity contribution >= 4 is 38.9 Å².